The molecular formula is C14H16N4O3. The SMILES string of the molecule is CCCNc1cc(Cn2ccc(=O)c([N+](=O)[O-])c2)ccn1. The second-order valence-electron chi connectivity index (χ2n) is 4.60. The molecule has 0 saturated carbocycles. The van der Waals surface area contributed by atoms with Gasteiger partial charge < -0.3 is 9.88 Å². The van der Waals surface area contributed by atoms with Gasteiger partial charge in [0.1, 0.15) is 5.82 Å². The van der Waals surface area contributed by atoms with Crippen LogP contribution in [0.5, 0.6) is 0 Å². The second kappa shape index (κ2) is 6.65. The average molecular weight is 288 g/mol. The molecule has 110 valence electrons. The Kier molecular flexibility index (Phi) is 4.65. The molecule has 0 unspecified atom stereocenters. The Labute approximate surface area is 121 Å². The minimum Gasteiger partial charge on any atom is -0.370 e. The summed E-state index contributed by atoms with van der Waals surface area (Å²) in [7, 11) is 0. The van der Waals surface area contributed by atoms with Gasteiger partial charge in [-0.25, -0.2) is 4.98 Å². The molecule has 0 fully saturated rings. The van der Waals surface area contributed by atoms with Crippen LogP contribution in [0.2, 0.25) is 0 Å². The first-order valence-corrected chi connectivity index (χ1v) is 6.63. The van der Waals surface area contributed by atoms with Crippen LogP contribution in [0.25, 0.3) is 0 Å². The summed E-state index contributed by atoms with van der Waals surface area (Å²) >= 11 is 0. The zero-order valence-electron chi connectivity index (χ0n) is 11.7. The van der Waals surface area contributed by atoms with Crippen LogP contribution in [0.4, 0.5) is 11.5 Å². The molecule has 7 nitrogen and oxygen atoms in total. The number of rotatable bonds is 6. The quantitative estimate of drug-likeness (QED) is 0.648. The van der Waals surface area contributed by atoms with Gasteiger partial charge in [-0.3, -0.25) is 14.9 Å². The van der Waals surface area contributed by atoms with Crippen molar-refractivity contribution in [2.45, 2.75) is 19.9 Å². The Balaban J connectivity index is 2.20. The number of nitro groups is 1. The van der Waals surface area contributed by atoms with Crippen LogP contribution in [-0.4, -0.2) is 21.0 Å². The second-order valence-corrected chi connectivity index (χ2v) is 4.60. The molecule has 7 heteroatoms. The zero-order valence-corrected chi connectivity index (χ0v) is 11.7. The number of pyridine rings is 2. The van der Waals surface area contributed by atoms with E-state index in [1.54, 1.807) is 10.8 Å². The van der Waals surface area contributed by atoms with Crippen molar-refractivity contribution in [1.82, 2.24) is 9.55 Å². The van der Waals surface area contributed by atoms with Gasteiger partial charge in [0.2, 0.25) is 0 Å². The lowest BCUT2D eigenvalue weighted by Crippen LogP contribution is -2.11. The van der Waals surface area contributed by atoms with Gasteiger partial charge in [-0.2, -0.15) is 0 Å². The molecule has 0 aliphatic heterocycles. The summed E-state index contributed by atoms with van der Waals surface area (Å²) in [6.07, 6.45) is 5.47. The van der Waals surface area contributed by atoms with E-state index in [1.807, 2.05) is 12.1 Å². The molecular weight excluding hydrogens is 272 g/mol. The third-order valence-electron chi connectivity index (χ3n) is 2.90. The van der Waals surface area contributed by atoms with Crippen molar-refractivity contribution in [2.24, 2.45) is 0 Å². The maximum absolute atomic E-state index is 11.4. The maximum atomic E-state index is 11.4. The summed E-state index contributed by atoms with van der Waals surface area (Å²) in [5, 5.41) is 14.0. The third kappa shape index (κ3) is 3.88. The molecule has 2 heterocycles. The molecule has 0 aliphatic rings. The van der Waals surface area contributed by atoms with Crippen LogP contribution in [0.1, 0.15) is 18.9 Å². The first-order valence-electron chi connectivity index (χ1n) is 6.63. The van der Waals surface area contributed by atoms with Crippen LogP contribution in [0.3, 0.4) is 0 Å². The topological polar surface area (TPSA) is 90.1 Å². The number of nitrogens with one attached hydrogen (secondary N) is 1. The number of hydrogen-bond donors (Lipinski definition) is 1. The predicted molar refractivity (Wildman–Crippen MR) is 79.5 cm³/mol. The molecule has 2 aromatic heterocycles. The van der Waals surface area contributed by atoms with Crippen molar-refractivity contribution in [2.75, 3.05) is 11.9 Å². The van der Waals surface area contributed by atoms with Gasteiger partial charge in [-0.05, 0) is 24.1 Å². The van der Waals surface area contributed by atoms with Crippen LogP contribution in [-0.2, 0) is 6.54 Å². The van der Waals surface area contributed by atoms with Crippen molar-refractivity contribution in [3.05, 3.63) is 62.7 Å². The maximum Gasteiger partial charge on any atom is 0.332 e. The largest absolute Gasteiger partial charge is 0.370 e. The summed E-state index contributed by atoms with van der Waals surface area (Å²) in [6.45, 7) is 3.33. The molecule has 1 N–H and O–H groups in total. The molecule has 2 aromatic rings. The summed E-state index contributed by atoms with van der Waals surface area (Å²) in [5.41, 5.74) is -0.0614. The number of hydrogen-bond acceptors (Lipinski definition) is 5. The van der Waals surface area contributed by atoms with E-state index >= 15 is 0 Å². The highest BCUT2D eigenvalue weighted by atomic mass is 16.6. The minimum atomic E-state index is -0.667. The molecule has 0 atom stereocenters. The number of anilines is 1. The highest BCUT2D eigenvalue weighted by Crippen LogP contribution is 2.10. The van der Waals surface area contributed by atoms with E-state index in [4.69, 9.17) is 0 Å². The normalized spacial score (nSPS) is 10.3. The zero-order chi connectivity index (χ0) is 15.2. The fraction of sp³-hybridized carbons (Fsp3) is 0.286. The molecule has 21 heavy (non-hydrogen) atoms. The molecule has 0 aromatic carbocycles. The van der Waals surface area contributed by atoms with Crippen molar-refractivity contribution in [1.29, 1.82) is 0 Å². The standard InChI is InChI=1S/C14H16N4O3/c1-2-5-15-14-8-11(3-6-16-14)9-17-7-4-13(19)12(10-17)18(20)21/h3-4,6-8,10H,2,5,9H2,1H3,(H,15,16). The first kappa shape index (κ1) is 14.7. The molecule has 2 rings (SSSR count). The molecule has 0 bridgehead atoms. The van der Waals surface area contributed by atoms with Gasteiger partial charge in [0.15, 0.2) is 0 Å². The van der Waals surface area contributed by atoms with Gasteiger partial charge in [-0.1, -0.05) is 6.92 Å². The van der Waals surface area contributed by atoms with E-state index in [1.165, 1.54) is 18.5 Å². The number of nitrogens with zero attached hydrogens (tertiary/aromatic N) is 3. The Bertz CT molecular complexity index is 697. The van der Waals surface area contributed by atoms with Crippen LogP contribution in [0.15, 0.2) is 41.6 Å². The lowest BCUT2D eigenvalue weighted by atomic mass is 10.2. The smallest absolute Gasteiger partial charge is 0.332 e. The Hall–Kier alpha value is -2.70. The average Bonchev–Trinajstić information content (AvgIpc) is 2.47. The van der Waals surface area contributed by atoms with Crippen molar-refractivity contribution >= 4 is 11.5 Å². The summed E-state index contributed by atoms with van der Waals surface area (Å²) < 4.78 is 1.61. The van der Waals surface area contributed by atoms with Crippen LogP contribution >= 0.6 is 0 Å². The highest BCUT2D eigenvalue weighted by molar-refractivity contribution is 5.37. The van der Waals surface area contributed by atoms with Gasteiger partial charge in [-0.15, -0.1) is 0 Å². The molecule has 0 amide bonds. The monoisotopic (exact) mass is 288 g/mol. The van der Waals surface area contributed by atoms with Gasteiger partial charge in [0.25, 0.3) is 5.43 Å². The lowest BCUT2D eigenvalue weighted by Gasteiger charge is -2.08. The Morgan fingerprint density at radius 3 is 2.95 bits per heavy atom. The van der Waals surface area contributed by atoms with Crippen LogP contribution < -0.4 is 10.7 Å². The third-order valence-corrected chi connectivity index (χ3v) is 2.90. The summed E-state index contributed by atoms with van der Waals surface area (Å²) in [6, 6.07) is 4.93. The van der Waals surface area contributed by atoms with E-state index in [2.05, 4.69) is 17.2 Å². The lowest BCUT2D eigenvalue weighted by molar-refractivity contribution is -0.386. The van der Waals surface area contributed by atoms with Gasteiger partial charge >= 0.3 is 5.69 Å². The Morgan fingerprint density at radius 1 is 1.43 bits per heavy atom. The summed E-state index contributed by atoms with van der Waals surface area (Å²) in [4.78, 5) is 25.7. The van der Waals surface area contributed by atoms with Crippen molar-refractivity contribution in [3.8, 4) is 0 Å². The fourth-order valence-electron chi connectivity index (χ4n) is 1.88. The van der Waals surface area contributed by atoms with E-state index in [0.29, 0.717) is 6.54 Å². The van der Waals surface area contributed by atoms with Gasteiger partial charge in [0, 0.05) is 31.5 Å². The van der Waals surface area contributed by atoms with E-state index < -0.39 is 16.0 Å². The van der Waals surface area contributed by atoms with Gasteiger partial charge in [0.05, 0.1) is 11.1 Å². The van der Waals surface area contributed by atoms with E-state index in [-0.39, 0.29) is 0 Å². The molecule has 0 radical (unpaired) electrons. The fourth-order valence-corrected chi connectivity index (χ4v) is 1.88. The van der Waals surface area contributed by atoms with E-state index in [0.717, 1.165) is 24.3 Å². The molecule has 0 spiro atoms. The predicted octanol–water partition coefficient (Wildman–Crippen LogP) is 2.02. The van der Waals surface area contributed by atoms with Crippen molar-refractivity contribution in [3.63, 3.8) is 0 Å². The Morgan fingerprint density at radius 2 is 2.24 bits per heavy atom. The molecule has 0 aliphatic carbocycles. The van der Waals surface area contributed by atoms with E-state index in [9.17, 15) is 14.9 Å². The summed E-state index contributed by atoms with van der Waals surface area (Å²) in [5.74, 6) is 0.768. The van der Waals surface area contributed by atoms with Crippen LogP contribution in [0, 0.1) is 10.1 Å². The highest BCUT2D eigenvalue weighted by Gasteiger charge is 2.11. The van der Waals surface area contributed by atoms with Crippen molar-refractivity contribution < 1.29 is 4.92 Å². The minimum absolute atomic E-state index is 0.420. The first-order chi connectivity index (χ1) is 10.1. The molecule has 0 saturated heterocycles. The number of aromatic nitrogens is 2.